The molecule has 124 valence electrons. The number of aliphatic hydroxyl groups is 1. The molecule has 3 atom stereocenters. The van der Waals surface area contributed by atoms with Gasteiger partial charge in [0.05, 0.1) is 12.9 Å². The second-order valence-electron chi connectivity index (χ2n) is 4.94. The maximum absolute atomic E-state index is 13.9. The molecule has 3 unspecified atom stereocenters. The Kier molecular flexibility index (Phi) is 5.02. The number of nitrogens with two attached hydrogens (primary N) is 1. The van der Waals surface area contributed by atoms with Crippen LogP contribution < -0.4 is 11.4 Å². The normalized spacial score (nSPS) is 26.3. The molecule has 0 radical (unpaired) electrons. The molecular formula is C14H15F2N3O4. The monoisotopic (exact) mass is 327 g/mol. The van der Waals surface area contributed by atoms with Gasteiger partial charge in [-0.2, -0.15) is 4.98 Å². The van der Waals surface area contributed by atoms with Gasteiger partial charge in [0.15, 0.2) is 18.2 Å². The van der Waals surface area contributed by atoms with Gasteiger partial charge in [-0.25, -0.2) is 13.6 Å². The first-order valence-electron chi connectivity index (χ1n) is 6.67. The van der Waals surface area contributed by atoms with E-state index >= 15 is 0 Å². The van der Waals surface area contributed by atoms with Gasteiger partial charge in [0.1, 0.15) is 11.9 Å². The third kappa shape index (κ3) is 3.35. The van der Waals surface area contributed by atoms with E-state index in [4.69, 9.17) is 15.6 Å². The Morgan fingerprint density at radius 2 is 2.30 bits per heavy atom. The third-order valence-electron chi connectivity index (χ3n) is 3.30. The minimum atomic E-state index is -1.89. The number of aromatic nitrogens is 2. The van der Waals surface area contributed by atoms with Gasteiger partial charge in [0.25, 0.3) is 0 Å². The molecule has 0 spiro atoms. The number of carbonyl (C=O) groups excluding carboxylic acids is 1. The van der Waals surface area contributed by atoms with Crippen molar-refractivity contribution in [1.29, 1.82) is 0 Å². The van der Waals surface area contributed by atoms with Crippen molar-refractivity contribution in [3.8, 4) is 0 Å². The van der Waals surface area contributed by atoms with Crippen molar-refractivity contribution in [1.82, 2.24) is 9.55 Å². The number of hydrogen-bond acceptors (Lipinski definition) is 6. The van der Waals surface area contributed by atoms with E-state index in [1.54, 1.807) is 0 Å². The van der Waals surface area contributed by atoms with E-state index < -0.39 is 36.4 Å². The maximum Gasteiger partial charge on any atom is 0.351 e. The number of nitrogen functional groups attached to an aromatic ring is 1. The summed E-state index contributed by atoms with van der Waals surface area (Å²) in [5.74, 6) is -0.393. The number of nitrogens with zero attached hydrogens (tertiary/aromatic N) is 2. The molecule has 0 bridgehead atoms. The SMILES string of the molecule is CC(=O)/C=C/c1cn(C2OC(CO)C(F)/C2=C\F)c(=O)nc1N. The van der Waals surface area contributed by atoms with Gasteiger partial charge in [-0.3, -0.25) is 9.36 Å². The van der Waals surface area contributed by atoms with Crippen LogP contribution in [0.1, 0.15) is 18.7 Å². The predicted molar refractivity (Wildman–Crippen MR) is 77.7 cm³/mol. The largest absolute Gasteiger partial charge is 0.394 e. The molecule has 23 heavy (non-hydrogen) atoms. The van der Waals surface area contributed by atoms with Crippen molar-refractivity contribution in [2.24, 2.45) is 0 Å². The number of ether oxygens (including phenoxy) is 1. The molecule has 7 nitrogen and oxygen atoms in total. The molecule has 0 aromatic carbocycles. The first-order chi connectivity index (χ1) is 10.9. The number of carbonyl (C=O) groups is 1. The fraction of sp³-hybridized carbons (Fsp3) is 0.357. The third-order valence-corrected chi connectivity index (χ3v) is 3.30. The van der Waals surface area contributed by atoms with E-state index in [-0.39, 0.29) is 23.5 Å². The highest BCUT2D eigenvalue weighted by molar-refractivity contribution is 5.92. The Morgan fingerprint density at radius 3 is 2.87 bits per heavy atom. The highest BCUT2D eigenvalue weighted by atomic mass is 19.1. The van der Waals surface area contributed by atoms with Crippen LogP contribution in [0.4, 0.5) is 14.6 Å². The molecule has 0 aliphatic carbocycles. The van der Waals surface area contributed by atoms with Gasteiger partial charge in [-0.15, -0.1) is 0 Å². The van der Waals surface area contributed by atoms with Gasteiger partial charge in [-0.1, -0.05) is 0 Å². The second kappa shape index (κ2) is 6.80. The minimum Gasteiger partial charge on any atom is -0.394 e. The second-order valence-corrected chi connectivity index (χ2v) is 4.94. The van der Waals surface area contributed by atoms with Crippen LogP contribution in [-0.4, -0.2) is 39.3 Å². The molecule has 1 aliphatic rings. The van der Waals surface area contributed by atoms with Gasteiger partial charge >= 0.3 is 5.69 Å². The summed E-state index contributed by atoms with van der Waals surface area (Å²) in [5, 5.41) is 9.04. The molecule has 1 fully saturated rings. The van der Waals surface area contributed by atoms with Crippen molar-refractivity contribution >= 4 is 17.7 Å². The lowest BCUT2D eigenvalue weighted by Gasteiger charge is -2.15. The molecule has 1 aromatic rings. The zero-order valence-electron chi connectivity index (χ0n) is 12.1. The van der Waals surface area contributed by atoms with Crippen LogP contribution >= 0.6 is 0 Å². The molecular weight excluding hydrogens is 312 g/mol. The summed E-state index contributed by atoms with van der Waals surface area (Å²) >= 11 is 0. The highest BCUT2D eigenvalue weighted by Crippen LogP contribution is 2.35. The number of anilines is 1. The first kappa shape index (κ1) is 17.0. The number of allylic oxidation sites excluding steroid dienone is 1. The van der Waals surface area contributed by atoms with Crippen LogP contribution in [-0.2, 0) is 9.53 Å². The van der Waals surface area contributed by atoms with E-state index in [1.165, 1.54) is 25.3 Å². The van der Waals surface area contributed by atoms with Crippen LogP contribution in [0.25, 0.3) is 6.08 Å². The fourth-order valence-corrected chi connectivity index (χ4v) is 2.14. The van der Waals surface area contributed by atoms with Crippen LogP contribution in [0.3, 0.4) is 0 Å². The minimum absolute atomic E-state index is 0.00112. The summed E-state index contributed by atoms with van der Waals surface area (Å²) < 4.78 is 32.9. The van der Waals surface area contributed by atoms with Gasteiger partial charge in [0, 0.05) is 17.3 Å². The molecule has 0 amide bonds. The molecule has 1 aromatic heterocycles. The van der Waals surface area contributed by atoms with Gasteiger partial charge < -0.3 is 15.6 Å². The Hall–Kier alpha value is -2.39. The number of alkyl halides is 1. The Labute approximate surface area is 129 Å². The first-order valence-corrected chi connectivity index (χ1v) is 6.67. The van der Waals surface area contributed by atoms with E-state index in [2.05, 4.69) is 4.98 Å². The summed E-state index contributed by atoms with van der Waals surface area (Å²) in [7, 11) is 0. The zero-order chi connectivity index (χ0) is 17.1. The fourth-order valence-electron chi connectivity index (χ4n) is 2.14. The number of aliphatic hydroxyl groups excluding tert-OH is 1. The molecule has 9 heteroatoms. The number of hydrogen-bond donors (Lipinski definition) is 2. The topological polar surface area (TPSA) is 107 Å². The van der Waals surface area contributed by atoms with Gasteiger partial charge in [-0.05, 0) is 19.1 Å². The van der Waals surface area contributed by atoms with Gasteiger partial charge in [0.2, 0.25) is 0 Å². The van der Waals surface area contributed by atoms with E-state index in [0.29, 0.717) is 0 Å². The Balaban J connectivity index is 2.49. The summed E-state index contributed by atoms with van der Waals surface area (Å²) in [6.45, 7) is 0.642. The number of halogens is 2. The summed E-state index contributed by atoms with van der Waals surface area (Å²) in [6.07, 6.45) is -0.859. The molecule has 3 N–H and O–H groups in total. The molecule has 0 saturated carbocycles. The van der Waals surface area contributed by atoms with Crippen molar-refractivity contribution in [3.05, 3.63) is 40.2 Å². The van der Waals surface area contributed by atoms with E-state index in [1.807, 2.05) is 0 Å². The molecule has 1 saturated heterocycles. The number of rotatable bonds is 4. The van der Waals surface area contributed by atoms with Crippen LogP contribution in [0.15, 0.2) is 29.0 Å². The quantitative estimate of drug-likeness (QED) is 0.780. The molecule has 2 rings (SSSR count). The van der Waals surface area contributed by atoms with E-state index in [0.717, 1.165) is 4.57 Å². The lowest BCUT2D eigenvalue weighted by Crippen LogP contribution is -2.29. The average Bonchev–Trinajstić information content (AvgIpc) is 2.82. The van der Waals surface area contributed by atoms with Crippen molar-refractivity contribution in [2.75, 3.05) is 12.3 Å². The zero-order valence-corrected chi connectivity index (χ0v) is 12.1. The predicted octanol–water partition coefficient (Wildman–Crippen LogP) is 0.509. The van der Waals surface area contributed by atoms with E-state index in [9.17, 15) is 18.4 Å². The van der Waals surface area contributed by atoms with Crippen LogP contribution in [0.5, 0.6) is 0 Å². The lowest BCUT2D eigenvalue weighted by molar-refractivity contribution is -0.112. The Morgan fingerprint density at radius 1 is 1.61 bits per heavy atom. The summed E-state index contributed by atoms with van der Waals surface area (Å²) in [5.41, 5.74) is 4.48. The summed E-state index contributed by atoms with van der Waals surface area (Å²) in [4.78, 5) is 26.5. The van der Waals surface area contributed by atoms with Crippen LogP contribution in [0, 0.1) is 0 Å². The van der Waals surface area contributed by atoms with Crippen LogP contribution in [0.2, 0.25) is 0 Å². The van der Waals surface area contributed by atoms with Crippen molar-refractivity contribution in [2.45, 2.75) is 25.4 Å². The summed E-state index contributed by atoms with van der Waals surface area (Å²) in [6, 6.07) is 0. The number of ketones is 1. The molecule has 1 aliphatic heterocycles. The lowest BCUT2D eigenvalue weighted by atomic mass is 10.1. The standard InChI is InChI=1S/C14H15F2N3O4/c1-7(21)2-3-8-5-19(14(22)18-12(8)17)13-9(4-15)11(16)10(6-20)23-13/h2-5,10-11,13,20H,6H2,1H3,(H2,17,18,22)/b3-2+,9-4+. The smallest absolute Gasteiger partial charge is 0.351 e. The van der Waals surface area contributed by atoms with Crippen molar-refractivity contribution < 1.29 is 23.4 Å². The highest BCUT2D eigenvalue weighted by Gasteiger charge is 2.41. The average molecular weight is 327 g/mol. The van der Waals surface area contributed by atoms with Crippen molar-refractivity contribution in [3.63, 3.8) is 0 Å². The molecule has 2 heterocycles. The maximum atomic E-state index is 13.9. The Bertz CT molecular complexity index is 729.